The van der Waals surface area contributed by atoms with Gasteiger partial charge in [0.15, 0.2) is 0 Å². The van der Waals surface area contributed by atoms with Gasteiger partial charge < -0.3 is 9.47 Å². The molecule has 0 saturated heterocycles. The fourth-order valence-electron chi connectivity index (χ4n) is 6.66. The summed E-state index contributed by atoms with van der Waals surface area (Å²) < 4.78 is 19.1. The Kier molecular flexibility index (Phi) is 9.56. The summed E-state index contributed by atoms with van der Waals surface area (Å²) in [6.07, 6.45) is 4.00. The Morgan fingerprint density at radius 1 is 0.538 bits per heavy atom. The van der Waals surface area contributed by atoms with Gasteiger partial charge in [-0.1, -0.05) is 75.7 Å². The van der Waals surface area contributed by atoms with Crippen molar-refractivity contribution >= 4 is 80.8 Å². The Morgan fingerprint density at radius 2 is 0.962 bits per heavy atom. The molecule has 0 aliphatic carbocycles. The van der Waals surface area contributed by atoms with Gasteiger partial charge in [-0.3, -0.25) is 0 Å². The Labute approximate surface area is 315 Å². The average Bonchev–Trinajstić information content (AvgIpc) is 3.91. The maximum Gasteiger partial charge on any atom is 0.140 e. The van der Waals surface area contributed by atoms with Gasteiger partial charge in [0.1, 0.15) is 13.5 Å². The molecule has 0 N–H and O–H groups in total. The first-order valence-electron chi connectivity index (χ1n) is 18.1. The molecule has 0 radical (unpaired) electrons. The zero-order valence-corrected chi connectivity index (χ0v) is 34.5. The zero-order chi connectivity index (χ0) is 36.0. The lowest BCUT2D eigenvalue weighted by atomic mass is 9.96. The molecule has 52 heavy (non-hydrogen) atoms. The summed E-state index contributed by atoms with van der Waals surface area (Å²) in [5.41, 5.74) is 6.88. The van der Waals surface area contributed by atoms with Crippen LogP contribution in [0.3, 0.4) is 0 Å². The van der Waals surface area contributed by atoms with Gasteiger partial charge in [-0.2, -0.15) is 10.2 Å². The van der Waals surface area contributed by atoms with Gasteiger partial charge in [0, 0.05) is 70.4 Å². The van der Waals surface area contributed by atoms with Crippen LogP contribution >= 0.6 is 22.7 Å². The van der Waals surface area contributed by atoms with E-state index in [0.29, 0.717) is 13.5 Å². The van der Waals surface area contributed by atoms with Crippen LogP contribution in [0.1, 0.15) is 0 Å². The second-order valence-electron chi connectivity index (χ2n) is 16.2. The van der Waals surface area contributed by atoms with Gasteiger partial charge in [-0.25, -0.2) is 9.36 Å². The Balaban J connectivity index is 1.25. The molecule has 0 spiro atoms. The van der Waals surface area contributed by atoms with Gasteiger partial charge in [-0.05, 0) is 82.5 Å². The molecule has 4 heterocycles. The van der Waals surface area contributed by atoms with Gasteiger partial charge >= 0.3 is 0 Å². The molecule has 6 nitrogen and oxygen atoms in total. The van der Waals surface area contributed by atoms with Gasteiger partial charge in [0.25, 0.3) is 0 Å². The third kappa shape index (κ3) is 7.46. The summed E-state index contributed by atoms with van der Waals surface area (Å²) in [6.45, 7) is 16.7. The number of hydrogen-bond acceptors (Lipinski definition) is 6. The van der Waals surface area contributed by atoms with E-state index in [1.165, 1.54) is 41.1 Å². The summed E-state index contributed by atoms with van der Waals surface area (Å²) in [5.74, 6) is 0. The largest absolute Gasteiger partial charge is 0.360 e. The molecule has 4 aromatic heterocycles. The van der Waals surface area contributed by atoms with Crippen molar-refractivity contribution in [3.63, 3.8) is 0 Å². The van der Waals surface area contributed by atoms with E-state index in [2.05, 4.69) is 124 Å². The second kappa shape index (κ2) is 14.1. The van der Waals surface area contributed by atoms with E-state index in [9.17, 15) is 0 Å². The van der Waals surface area contributed by atoms with Crippen molar-refractivity contribution in [2.45, 2.75) is 64.8 Å². The monoisotopic (exact) mass is 758 g/mol. The molecule has 8 aromatic rings. The molecule has 0 bridgehead atoms. The van der Waals surface area contributed by atoms with E-state index in [-0.39, 0.29) is 0 Å². The second-order valence-corrected chi connectivity index (χ2v) is 29.6. The lowest BCUT2D eigenvalue weighted by Crippen LogP contribution is -2.22. The number of thiophene rings is 2. The van der Waals surface area contributed by atoms with Crippen LogP contribution in [0.25, 0.3) is 74.0 Å². The van der Waals surface area contributed by atoms with E-state index in [4.69, 9.17) is 19.7 Å². The molecule has 8 rings (SSSR count). The summed E-state index contributed by atoms with van der Waals surface area (Å²) in [7, 11) is -2.39. The Bertz CT molecular complexity index is 2290. The van der Waals surface area contributed by atoms with Crippen LogP contribution in [0.5, 0.6) is 0 Å². The van der Waals surface area contributed by atoms with Crippen LogP contribution in [0, 0.1) is 0 Å². The summed E-state index contributed by atoms with van der Waals surface area (Å²) >= 11 is 3.67. The van der Waals surface area contributed by atoms with Crippen LogP contribution in [0.2, 0.25) is 51.4 Å². The average molecular weight is 759 g/mol. The molecular weight excluding hydrogens is 713 g/mol. The third-order valence-corrected chi connectivity index (χ3v) is 15.3. The SMILES string of the molecule is C[Si](C)(C)CCOCn1ncc2cc(-c3cc(-c4cc5ccccc5s4)c4c(cnn4COCC[Si](C)(C)C)c3)cc(-c3cc4ccccc4s3)c21. The fourth-order valence-corrected chi connectivity index (χ4v) is 10.3. The van der Waals surface area contributed by atoms with Gasteiger partial charge in [-0.15, -0.1) is 22.7 Å². The maximum atomic E-state index is 6.24. The quantitative estimate of drug-likeness (QED) is 0.0868. The zero-order valence-electron chi connectivity index (χ0n) is 30.9. The first-order valence-corrected chi connectivity index (χ1v) is 27.2. The van der Waals surface area contributed by atoms with Crippen LogP contribution in [-0.4, -0.2) is 48.9 Å². The summed E-state index contributed by atoms with van der Waals surface area (Å²) in [5, 5.41) is 14.5. The highest BCUT2D eigenvalue weighted by atomic mass is 32.1. The number of aromatic nitrogens is 4. The molecule has 0 fully saturated rings. The van der Waals surface area contributed by atoms with Crippen LogP contribution in [-0.2, 0) is 22.9 Å². The number of hydrogen-bond donors (Lipinski definition) is 0. The fraction of sp³-hybridized carbons (Fsp3) is 0.286. The number of fused-ring (bicyclic) bond motifs is 4. The predicted octanol–water partition coefficient (Wildman–Crippen LogP) is 12.4. The molecule has 0 unspecified atom stereocenters. The first-order chi connectivity index (χ1) is 25.0. The van der Waals surface area contributed by atoms with Crippen molar-refractivity contribution in [3.8, 4) is 32.0 Å². The lowest BCUT2D eigenvalue weighted by Gasteiger charge is -2.16. The molecule has 0 aliphatic heterocycles. The highest BCUT2D eigenvalue weighted by Gasteiger charge is 2.20. The van der Waals surface area contributed by atoms with Crippen molar-refractivity contribution in [3.05, 3.63) is 97.3 Å². The minimum Gasteiger partial charge on any atom is -0.360 e. The molecule has 266 valence electrons. The van der Waals surface area contributed by atoms with Crippen LogP contribution in [0.15, 0.2) is 97.3 Å². The number of ether oxygens (including phenoxy) is 2. The van der Waals surface area contributed by atoms with E-state index < -0.39 is 16.1 Å². The summed E-state index contributed by atoms with van der Waals surface area (Å²) in [6, 6.07) is 33.5. The van der Waals surface area contributed by atoms with E-state index in [1.807, 2.05) is 44.4 Å². The van der Waals surface area contributed by atoms with Crippen molar-refractivity contribution in [2.24, 2.45) is 0 Å². The molecule has 10 heteroatoms. The normalized spacial score (nSPS) is 12.7. The first kappa shape index (κ1) is 35.1. The molecule has 0 saturated carbocycles. The van der Waals surface area contributed by atoms with E-state index in [1.54, 1.807) is 0 Å². The lowest BCUT2D eigenvalue weighted by molar-refractivity contribution is 0.0816. The van der Waals surface area contributed by atoms with Crippen LogP contribution in [0.4, 0.5) is 0 Å². The smallest absolute Gasteiger partial charge is 0.140 e. The van der Waals surface area contributed by atoms with Gasteiger partial charge in [0.05, 0.1) is 23.4 Å². The Hall–Kier alpha value is -3.91. The van der Waals surface area contributed by atoms with E-state index >= 15 is 0 Å². The van der Waals surface area contributed by atoms with Crippen molar-refractivity contribution in [1.29, 1.82) is 0 Å². The highest BCUT2D eigenvalue weighted by molar-refractivity contribution is 7.22. The highest BCUT2D eigenvalue weighted by Crippen LogP contribution is 2.43. The number of rotatable bonds is 13. The molecule has 4 aromatic carbocycles. The molecular formula is C42H46N4O2S2Si2. The molecule has 0 amide bonds. The van der Waals surface area contributed by atoms with Crippen LogP contribution < -0.4 is 0 Å². The molecule has 0 aliphatic rings. The minimum atomic E-state index is -1.20. The molecule has 0 atom stereocenters. The number of benzene rings is 4. The third-order valence-electron chi connectivity index (χ3n) is 9.60. The summed E-state index contributed by atoms with van der Waals surface area (Å²) in [4.78, 5) is 2.46. The predicted molar refractivity (Wildman–Crippen MR) is 228 cm³/mol. The van der Waals surface area contributed by atoms with Crippen molar-refractivity contribution in [2.75, 3.05) is 13.2 Å². The number of nitrogens with zero attached hydrogens (tertiary/aromatic N) is 4. The van der Waals surface area contributed by atoms with Gasteiger partial charge in [0.2, 0.25) is 0 Å². The van der Waals surface area contributed by atoms with E-state index in [0.717, 1.165) is 58.2 Å². The Morgan fingerprint density at radius 3 is 1.37 bits per heavy atom. The van der Waals surface area contributed by atoms with Crippen molar-refractivity contribution < 1.29 is 9.47 Å². The minimum absolute atomic E-state index is 0.437. The topological polar surface area (TPSA) is 54.1 Å². The standard InChI is InChI=1S/C42H46N4O2S2Si2/c1-51(2,3)17-15-47-27-45-41-33(25-43-45)19-31(21-35(41)39-23-29-11-7-9-13-37(29)49-39)32-20-34-26-44-46(28-48-16-18-52(4,5)6)42(34)36(22-32)40-24-30-12-8-10-14-38(30)50-40/h7-14,19-26H,15-18,27-28H2,1-6H3. The van der Waals surface area contributed by atoms with Crippen molar-refractivity contribution in [1.82, 2.24) is 19.6 Å². The maximum absolute atomic E-state index is 6.24.